The zero-order chi connectivity index (χ0) is 21.8. The van der Waals surface area contributed by atoms with E-state index >= 15 is 0 Å². The lowest BCUT2D eigenvalue weighted by Crippen LogP contribution is -2.32. The first-order valence-electron chi connectivity index (χ1n) is 10.3. The van der Waals surface area contributed by atoms with Crippen LogP contribution in [0.3, 0.4) is 0 Å². The molecule has 0 saturated carbocycles. The van der Waals surface area contributed by atoms with Gasteiger partial charge in [-0.15, -0.1) is 0 Å². The largest absolute Gasteiger partial charge is 0.358 e. The Morgan fingerprint density at radius 3 is 2.30 bits per heavy atom. The first-order valence-corrected chi connectivity index (χ1v) is 10.3. The van der Waals surface area contributed by atoms with Gasteiger partial charge in [0.2, 0.25) is 5.91 Å². The number of benzene rings is 2. The van der Waals surface area contributed by atoms with E-state index in [1.54, 1.807) is 23.6 Å². The third-order valence-corrected chi connectivity index (χ3v) is 5.30. The lowest BCUT2D eigenvalue weighted by molar-refractivity contribution is -0.121. The van der Waals surface area contributed by atoms with Crippen LogP contribution in [0.5, 0.6) is 0 Å². The summed E-state index contributed by atoms with van der Waals surface area (Å²) in [6.07, 6.45) is 0.217. The molecule has 30 heavy (non-hydrogen) atoms. The highest BCUT2D eigenvalue weighted by Crippen LogP contribution is 2.19. The average Bonchev–Trinajstić information content (AvgIpc) is 2.72. The van der Waals surface area contributed by atoms with E-state index in [9.17, 15) is 9.59 Å². The maximum Gasteiger partial charge on any atom is 0.293 e. The predicted octanol–water partition coefficient (Wildman–Crippen LogP) is 3.85. The molecule has 0 spiro atoms. The van der Waals surface area contributed by atoms with Crippen LogP contribution in [-0.2, 0) is 11.3 Å². The molecule has 0 fully saturated rings. The monoisotopic (exact) mass is 406 g/mol. The Hall–Kier alpha value is -3.15. The van der Waals surface area contributed by atoms with E-state index in [1.165, 1.54) is 5.56 Å². The fourth-order valence-electron chi connectivity index (χ4n) is 3.47. The second-order valence-corrected chi connectivity index (χ2v) is 8.14. The standard InChI is InChI=1S/C24H30N4O2/c1-16(2)18-10-12-19(13-11-18)17(3)25-22(29)14-15-28-21-9-7-6-8-20(21)26-23(24(28)30)27(4)5/h6-13,16-17H,14-15H2,1-5H3,(H,25,29). The number of aryl methyl sites for hydroxylation is 1. The highest BCUT2D eigenvalue weighted by atomic mass is 16.2. The van der Waals surface area contributed by atoms with Crippen LogP contribution in [0.1, 0.15) is 50.3 Å². The molecule has 0 aliphatic carbocycles. The first-order chi connectivity index (χ1) is 14.3. The van der Waals surface area contributed by atoms with Crippen LogP contribution >= 0.6 is 0 Å². The number of hydrogen-bond donors (Lipinski definition) is 1. The number of rotatable bonds is 7. The minimum absolute atomic E-state index is 0.0883. The predicted molar refractivity (Wildman–Crippen MR) is 122 cm³/mol. The van der Waals surface area contributed by atoms with Crippen molar-refractivity contribution in [2.75, 3.05) is 19.0 Å². The second-order valence-electron chi connectivity index (χ2n) is 8.14. The number of carbonyl (C=O) groups is 1. The highest BCUT2D eigenvalue weighted by molar-refractivity contribution is 5.78. The number of fused-ring (bicyclic) bond motifs is 1. The maximum absolute atomic E-state index is 12.9. The molecule has 0 bridgehead atoms. The molecule has 6 heteroatoms. The molecular weight excluding hydrogens is 376 g/mol. The molecule has 1 atom stereocenters. The van der Waals surface area contributed by atoms with Crippen molar-refractivity contribution < 1.29 is 4.79 Å². The van der Waals surface area contributed by atoms with Gasteiger partial charge in [-0.2, -0.15) is 0 Å². The van der Waals surface area contributed by atoms with Crippen LogP contribution in [-0.4, -0.2) is 29.6 Å². The van der Waals surface area contributed by atoms with Crippen molar-refractivity contribution in [2.45, 2.75) is 45.7 Å². The van der Waals surface area contributed by atoms with Crippen molar-refractivity contribution >= 4 is 22.8 Å². The van der Waals surface area contributed by atoms with Gasteiger partial charge >= 0.3 is 0 Å². The van der Waals surface area contributed by atoms with Gasteiger partial charge < -0.3 is 14.8 Å². The number of para-hydroxylation sites is 2. The Bertz CT molecular complexity index is 1080. The van der Waals surface area contributed by atoms with Gasteiger partial charge in [-0.3, -0.25) is 9.59 Å². The zero-order valence-corrected chi connectivity index (χ0v) is 18.3. The van der Waals surface area contributed by atoms with Gasteiger partial charge in [0.15, 0.2) is 5.82 Å². The molecule has 1 heterocycles. The van der Waals surface area contributed by atoms with Gasteiger partial charge in [0, 0.05) is 27.1 Å². The van der Waals surface area contributed by atoms with Crippen molar-refractivity contribution in [2.24, 2.45) is 0 Å². The van der Waals surface area contributed by atoms with Gasteiger partial charge in [-0.05, 0) is 36.1 Å². The molecular formula is C24H30N4O2. The number of anilines is 1. The minimum atomic E-state index is -0.191. The number of carbonyl (C=O) groups excluding carboxylic acids is 1. The molecule has 158 valence electrons. The zero-order valence-electron chi connectivity index (χ0n) is 18.3. The molecule has 1 amide bonds. The number of nitrogens with zero attached hydrogens (tertiary/aromatic N) is 3. The quantitative estimate of drug-likeness (QED) is 0.647. The molecule has 0 radical (unpaired) electrons. The Morgan fingerprint density at radius 1 is 1.03 bits per heavy atom. The van der Waals surface area contributed by atoms with Crippen molar-refractivity contribution in [1.29, 1.82) is 0 Å². The van der Waals surface area contributed by atoms with Crippen LogP contribution < -0.4 is 15.8 Å². The van der Waals surface area contributed by atoms with Crippen molar-refractivity contribution in [1.82, 2.24) is 14.9 Å². The van der Waals surface area contributed by atoms with Crippen molar-refractivity contribution in [3.8, 4) is 0 Å². The second kappa shape index (κ2) is 9.11. The summed E-state index contributed by atoms with van der Waals surface area (Å²) >= 11 is 0. The number of nitrogens with one attached hydrogen (secondary N) is 1. The van der Waals surface area contributed by atoms with Gasteiger partial charge in [-0.1, -0.05) is 50.2 Å². The molecule has 1 aromatic heterocycles. The average molecular weight is 407 g/mol. The highest BCUT2D eigenvalue weighted by Gasteiger charge is 2.15. The van der Waals surface area contributed by atoms with Crippen molar-refractivity contribution in [3.05, 3.63) is 70.0 Å². The van der Waals surface area contributed by atoms with E-state index < -0.39 is 0 Å². The molecule has 1 N–H and O–H groups in total. The fraction of sp³-hybridized carbons (Fsp3) is 0.375. The van der Waals surface area contributed by atoms with Gasteiger partial charge in [0.25, 0.3) is 5.56 Å². The molecule has 3 aromatic rings. The fourth-order valence-corrected chi connectivity index (χ4v) is 3.47. The Kier molecular flexibility index (Phi) is 6.55. The maximum atomic E-state index is 12.9. The lowest BCUT2D eigenvalue weighted by Gasteiger charge is -2.18. The molecule has 1 unspecified atom stereocenters. The van der Waals surface area contributed by atoms with Gasteiger partial charge in [0.05, 0.1) is 17.1 Å². The Labute approximate surface area is 177 Å². The third-order valence-electron chi connectivity index (χ3n) is 5.30. The van der Waals surface area contributed by atoms with E-state index in [2.05, 4.69) is 48.4 Å². The minimum Gasteiger partial charge on any atom is -0.358 e. The van der Waals surface area contributed by atoms with Gasteiger partial charge in [-0.25, -0.2) is 4.98 Å². The summed E-state index contributed by atoms with van der Waals surface area (Å²) < 4.78 is 1.64. The Morgan fingerprint density at radius 2 is 1.67 bits per heavy atom. The summed E-state index contributed by atoms with van der Waals surface area (Å²) in [4.78, 5) is 31.6. The summed E-state index contributed by atoms with van der Waals surface area (Å²) in [6, 6.07) is 15.7. The summed E-state index contributed by atoms with van der Waals surface area (Å²) in [5, 5.41) is 3.04. The third kappa shape index (κ3) is 4.70. The summed E-state index contributed by atoms with van der Waals surface area (Å²) in [7, 11) is 3.59. The molecule has 0 aliphatic rings. The summed E-state index contributed by atoms with van der Waals surface area (Å²) in [5.41, 5.74) is 3.62. The van der Waals surface area contributed by atoms with E-state index in [4.69, 9.17) is 0 Å². The summed E-state index contributed by atoms with van der Waals surface area (Å²) in [5.74, 6) is 0.756. The van der Waals surface area contributed by atoms with Crippen molar-refractivity contribution in [3.63, 3.8) is 0 Å². The van der Waals surface area contributed by atoms with E-state index in [0.717, 1.165) is 16.6 Å². The lowest BCUT2D eigenvalue weighted by atomic mass is 9.99. The first kappa shape index (κ1) is 21.6. The topological polar surface area (TPSA) is 67.2 Å². The van der Waals surface area contributed by atoms with Gasteiger partial charge in [0.1, 0.15) is 0 Å². The SMILES string of the molecule is CC(C)c1ccc(C(C)NC(=O)CCn2c(=O)c(N(C)C)nc3ccccc32)cc1. The van der Waals surface area contributed by atoms with Crippen LogP contribution in [0.15, 0.2) is 53.3 Å². The van der Waals surface area contributed by atoms with Crippen LogP contribution in [0.4, 0.5) is 5.82 Å². The number of amides is 1. The molecule has 0 aliphatic heterocycles. The smallest absolute Gasteiger partial charge is 0.293 e. The Balaban J connectivity index is 1.73. The van der Waals surface area contributed by atoms with E-state index in [1.807, 2.05) is 31.2 Å². The number of aromatic nitrogens is 2. The molecule has 2 aromatic carbocycles. The molecule has 6 nitrogen and oxygen atoms in total. The van der Waals surface area contributed by atoms with E-state index in [0.29, 0.717) is 18.3 Å². The van der Waals surface area contributed by atoms with Crippen LogP contribution in [0.2, 0.25) is 0 Å². The molecule has 3 rings (SSSR count). The van der Waals surface area contributed by atoms with Crippen LogP contribution in [0, 0.1) is 0 Å². The van der Waals surface area contributed by atoms with E-state index in [-0.39, 0.29) is 23.9 Å². The molecule has 0 saturated heterocycles. The van der Waals surface area contributed by atoms with Crippen LogP contribution in [0.25, 0.3) is 11.0 Å². The number of hydrogen-bond acceptors (Lipinski definition) is 4. The summed E-state index contributed by atoms with van der Waals surface area (Å²) in [6.45, 7) is 6.59. The normalized spacial score (nSPS) is 12.2.